The zero-order valence-electron chi connectivity index (χ0n) is 13.9. The van der Waals surface area contributed by atoms with E-state index >= 15 is 0 Å². The third kappa shape index (κ3) is 6.77. The Balaban J connectivity index is 5.25. The molecule has 130 valence electrons. The minimum atomic E-state index is -3.55. The first-order chi connectivity index (χ1) is 10.3. The van der Waals surface area contributed by atoms with Crippen LogP contribution < -0.4 is 0 Å². The number of amides is 1. The number of ether oxygens (including phenoxy) is 2. The number of hydrogen-bond donors (Lipinski definition) is 0. The van der Waals surface area contributed by atoms with Gasteiger partial charge in [-0.25, -0.2) is 9.59 Å². The molecule has 8 nitrogen and oxygen atoms in total. The second-order valence-electron chi connectivity index (χ2n) is 4.18. The van der Waals surface area contributed by atoms with Crippen LogP contribution in [0.4, 0.5) is 4.79 Å². The molecular formula is C13H26NO7P. The predicted octanol–water partition coefficient (Wildman–Crippen LogP) is 2.62. The highest BCUT2D eigenvalue weighted by Crippen LogP contribution is 2.48. The van der Waals surface area contributed by atoms with Gasteiger partial charge in [0.25, 0.3) is 0 Å². The highest BCUT2D eigenvalue weighted by atomic mass is 31.2. The minimum Gasteiger partial charge on any atom is -0.464 e. The predicted molar refractivity (Wildman–Crippen MR) is 80.7 cm³/mol. The third-order valence-corrected chi connectivity index (χ3v) is 4.53. The first-order valence-electron chi connectivity index (χ1n) is 7.33. The molecule has 0 fully saturated rings. The Hall–Kier alpha value is -1.11. The molecule has 0 aromatic rings. The van der Waals surface area contributed by atoms with E-state index in [1.54, 1.807) is 27.7 Å². The van der Waals surface area contributed by atoms with Crippen LogP contribution in [0.25, 0.3) is 0 Å². The molecule has 9 heteroatoms. The Labute approximate surface area is 131 Å². The van der Waals surface area contributed by atoms with E-state index < -0.39 is 25.7 Å². The van der Waals surface area contributed by atoms with Crippen LogP contribution in [-0.2, 0) is 27.9 Å². The van der Waals surface area contributed by atoms with Crippen molar-refractivity contribution >= 4 is 19.7 Å². The number of carbonyl (C=O) groups excluding carboxylic acids is 2. The van der Waals surface area contributed by atoms with Gasteiger partial charge in [0.2, 0.25) is 0 Å². The van der Waals surface area contributed by atoms with Crippen molar-refractivity contribution in [2.45, 2.75) is 40.7 Å². The molecule has 0 saturated heterocycles. The fourth-order valence-electron chi connectivity index (χ4n) is 1.63. The Morgan fingerprint density at radius 3 is 1.86 bits per heavy atom. The van der Waals surface area contributed by atoms with Gasteiger partial charge in [0, 0.05) is 0 Å². The van der Waals surface area contributed by atoms with Crippen molar-refractivity contribution in [3.63, 3.8) is 0 Å². The van der Waals surface area contributed by atoms with Gasteiger partial charge in [0.15, 0.2) is 0 Å². The molecule has 22 heavy (non-hydrogen) atoms. The number of carbonyl (C=O) groups is 2. The van der Waals surface area contributed by atoms with E-state index in [1.807, 2.05) is 0 Å². The van der Waals surface area contributed by atoms with Crippen LogP contribution in [0.15, 0.2) is 0 Å². The molecular weight excluding hydrogens is 313 g/mol. The van der Waals surface area contributed by atoms with Gasteiger partial charge in [-0.15, -0.1) is 0 Å². The van der Waals surface area contributed by atoms with Crippen LogP contribution in [0.1, 0.15) is 34.6 Å². The Kier molecular flexibility index (Phi) is 10.1. The van der Waals surface area contributed by atoms with E-state index in [1.165, 1.54) is 6.92 Å². The SMILES string of the molecule is CCOC(=O)C(C)N(CP(=O)(OCC)OCC)C(=O)OCC. The molecule has 0 rings (SSSR count). The molecule has 0 bridgehead atoms. The molecule has 0 aliphatic heterocycles. The van der Waals surface area contributed by atoms with E-state index in [9.17, 15) is 14.2 Å². The minimum absolute atomic E-state index is 0.123. The van der Waals surface area contributed by atoms with Crippen molar-refractivity contribution in [3.8, 4) is 0 Å². The van der Waals surface area contributed by atoms with E-state index in [0.29, 0.717) is 0 Å². The van der Waals surface area contributed by atoms with Gasteiger partial charge in [0.1, 0.15) is 12.3 Å². The quantitative estimate of drug-likeness (QED) is 0.446. The van der Waals surface area contributed by atoms with E-state index in [-0.39, 0.29) is 32.7 Å². The summed E-state index contributed by atoms with van der Waals surface area (Å²) < 4.78 is 32.7. The maximum Gasteiger partial charge on any atom is 0.411 e. The number of nitrogens with zero attached hydrogens (tertiary/aromatic N) is 1. The summed E-state index contributed by atoms with van der Waals surface area (Å²) in [4.78, 5) is 24.9. The average molecular weight is 339 g/mol. The fraction of sp³-hybridized carbons (Fsp3) is 0.846. The largest absolute Gasteiger partial charge is 0.464 e. The summed E-state index contributed by atoms with van der Waals surface area (Å²) in [5.41, 5.74) is 0. The average Bonchev–Trinajstić information content (AvgIpc) is 2.45. The van der Waals surface area contributed by atoms with Crippen LogP contribution in [0.3, 0.4) is 0 Å². The molecule has 1 atom stereocenters. The molecule has 1 unspecified atom stereocenters. The van der Waals surface area contributed by atoms with Gasteiger partial charge in [-0.2, -0.15) is 0 Å². The standard InChI is InChI=1S/C13H26NO7P/c1-6-18-12(15)11(5)14(13(16)19-7-2)10-22(17,20-8-3)21-9-4/h11H,6-10H2,1-5H3. The smallest absolute Gasteiger partial charge is 0.411 e. The normalized spacial score (nSPS) is 12.6. The Bertz CT molecular complexity index is 392. The molecule has 0 aliphatic rings. The topological polar surface area (TPSA) is 91.4 Å². The van der Waals surface area contributed by atoms with Crippen molar-refractivity contribution in [2.75, 3.05) is 32.7 Å². The van der Waals surface area contributed by atoms with E-state index in [0.717, 1.165) is 4.90 Å². The van der Waals surface area contributed by atoms with Crippen molar-refractivity contribution in [1.82, 2.24) is 4.90 Å². The van der Waals surface area contributed by atoms with Gasteiger partial charge >= 0.3 is 19.7 Å². The Morgan fingerprint density at radius 2 is 1.45 bits per heavy atom. The van der Waals surface area contributed by atoms with Crippen molar-refractivity contribution in [3.05, 3.63) is 0 Å². The fourth-order valence-corrected chi connectivity index (χ4v) is 3.39. The number of hydrogen-bond acceptors (Lipinski definition) is 7. The van der Waals surface area contributed by atoms with Gasteiger partial charge in [-0.3, -0.25) is 9.46 Å². The van der Waals surface area contributed by atoms with Crippen LogP contribution in [0.2, 0.25) is 0 Å². The maximum atomic E-state index is 12.6. The summed E-state index contributed by atoms with van der Waals surface area (Å²) in [6, 6.07) is -0.965. The molecule has 0 spiro atoms. The van der Waals surface area contributed by atoms with Gasteiger partial charge in [0.05, 0.1) is 26.4 Å². The second kappa shape index (κ2) is 10.6. The molecule has 0 heterocycles. The van der Waals surface area contributed by atoms with Crippen molar-refractivity contribution in [1.29, 1.82) is 0 Å². The maximum absolute atomic E-state index is 12.6. The second-order valence-corrected chi connectivity index (χ2v) is 6.21. The molecule has 1 amide bonds. The highest BCUT2D eigenvalue weighted by molar-refractivity contribution is 7.53. The number of rotatable bonds is 10. The molecule has 0 N–H and O–H groups in total. The van der Waals surface area contributed by atoms with Crippen LogP contribution in [0, 0.1) is 0 Å². The third-order valence-electron chi connectivity index (χ3n) is 2.57. The highest BCUT2D eigenvalue weighted by Gasteiger charge is 2.36. The van der Waals surface area contributed by atoms with Crippen molar-refractivity contribution < 1.29 is 32.7 Å². The lowest BCUT2D eigenvalue weighted by Gasteiger charge is -2.29. The summed E-state index contributed by atoms with van der Waals surface area (Å²) in [5.74, 6) is -0.616. The van der Waals surface area contributed by atoms with Crippen LogP contribution in [0.5, 0.6) is 0 Å². The summed E-state index contributed by atoms with van der Waals surface area (Å²) in [5, 5.41) is 0. The number of esters is 1. The van der Waals surface area contributed by atoms with E-state index in [4.69, 9.17) is 18.5 Å². The van der Waals surface area contributed by atoms with E-state index in [2.05, 4.69) is 0 Å². The summed E-state index contributed by atoms with van der Waals surface area (Å²) in [6.07, 6.45) is -1.16. The summed E-state index contributed by atoms with van der Waals surface area (Å²) >= 11 is 0. The first kappa shape index (κ1) is 20.9. The van der Waals surface area contributed by atoms with Gasteiger partial charge in [-0.1, -0.05) is 0 Å². The van der Waals surface area contributed by atoms with Crippen LogP contribution in [-0.4, -0.2) is 55.7 Å². The van der Waals surface area contributed by atoms with Crippen molar-refractivity contribution in [2.24, 2.45) is 0 Å². The Morgan fingerprint density at radius 1 is 0.955 bits per heavy atom. The summed E-state index contributed by atoms with van der Waals surface area (Å²) in [7, 11) is -3.55. The monoisotopic (exact) mass is 339 g/mol. The first-order valence-corrected chi connectivity index (χ1v) is 9.06. The molecule has 0 aliphatic carbocycles. The van der Waals surface area contributed by atoms with Gasteiger partial charge < -0.3 is 18.5 Å². The lowest BCUT2D eigenvalue weighted by atomic mass is 10.3. The molecule has 0 saturated carbocycles. The lowest BCUT2D eigenvalue weighted by Crippen LogP contribution is -2.45. The van der Waals surface area contributed by atoms with Crippen LogP contribution >= 0.6 is 7.60 Å². The molecule has 0 radical (unpaired) electrons. The zero-order chi connectivity index (χ0) is 17.2. The molecule has 0 aromatic heterocycles. The van der Waals surface area contributed by atoms with Gasteiger partial charge in [-0.05, 0) is 34.6 Å². The molecule has 0 aromatic carbocycles. The zero-order valence-corrected chi connectivity index (χ0v) is 14.8. The lowest BCUT2D eigenvalue weighted by molar-refractivity contribution is -0.148. The summed E-state index contributed by atoms with van der Waals surface area (Å²) in [6.45, 7) is 8.69.